The molecule has 3 N–H and O–H groups in total. The molecule has 1 amide bonds. The summed E-state index contributed by atoms with van der Waals surface area (Å²) in [5.41, 5.74) is 7.87. The van der Waals surface area contributed by atoms with Gasteiger partial charge in [-0.05, 0) is 67.3 Å². The summed E-state index contributed by atoms with van der Waals surface area (Å²) in [5.74, 6) is 0.777. The van der Waals surface area contributed by atoms with E-state index >= 15 is 0 Å². The molecule has 0 aliphatic carbocycles. The first-order chi connectivity index (χ1) is 14.4. The van der Waals surface area contributed by atoms with Crippen LogP contribution in [0.2, 0.25) is 0 Å². The van der Waals surface area contributed by atoms with Gasteiger partial charge in [0.05, 0.1) is 5.56 Å². The van der Waals surface area contributed by atoms with Crippen molar-refractivity contribution in [3.05, 3.63) is 77.2 Å². The zero-order valence-corrected chi connectivity index (χ0v) is 17.4. The molecule has 3 rings (SSSR count). The Kier molecular flexibility index (Phi) is 6.67. The van der Waals surface area contributed by atoms with Crippen LogP contribution in [0.5, 0.6) is 11.5 Å². The van der Waals surface area contributed by atoms with E-state index in [0.29, 0.717) is 17.4 Å². The zero-order valence-electron chi connectivity index (χ0n) is 17.4. The average Bonchev–Trinajstić information content (AvgIpc) is 2.72. The van der Waals surface area contributed by atoms with Gasteiger partial charge in [0.15, 0.2) is 0 Å². The number of halogens is 1. The molecular weight excluding hydrogens is 381 g/mol. The van der Waals surface area contributed by atoms with Crippen molar-refractivity contribution in [2.75, 3.05) is 11.1 Å². The van der Waals surface area contributed by atoms with Crippen molar-refractivity contribution in [3.63, 3.8) is 0 Å². The number of hydrogen-bond acceptors (Lipinski definition) is 4. The van der Waals surface area contributed by atoms with Crippen molar-refractivity contribution in [1.29, 1.82) is 0 Å². The van der Waals surface area contributed by atoms with Crippen LogP contribution in [0.25, 0.3) is 0 Å². The van der Waals surface area contributed by atoms with E-state index in [4.69, 9.17) is 10.5 Å². The molecule has 30 heavy (non-hydrogen) atoms. The SMILES string of the molecule is CCC(C)Cc1cccc(Oc2ccc(NC(=O)c3cc(C)c(F)nc3N)cc2)c1. The first kappa shape index (κ1) is 21.3. The highest BCUT2D eigenvalue weighted by Crippen LogP contribution is 2.25. The Labute approximate surface area is 176 Å². The van der Waals surface area contributed by atoms with E-state index in [0.717, 1.165) is 18.6 Å². The van der Waals surface area contributed by atoms with Gasteiger partial charge < -0.3 is 15.8 Å². The molecule has 6 heteroatoms. The van der Waals surface area contributed by atoms with E-state index < -0.39 is 11.9 Å². The zero-order chi connectivity index (χ0) is 21.7. The Hall–Kier alpha value is -3.41. The second-order valence-corrected chi connectivity index (χ2v) is 7.47. The van der Waals surface area contributed by atoms with Crippen molar-refractivity contribution >= 4 is 17.4 Å². The number of nitrogens with zero attached hydrogens (tertiary/aromatic N) is 1. The fourth-order valence-electron chi connectivity index (χ4n) is 3.01. The number of carbonyl (C=O) groups is 1. The number of aromatic nitrogens is 1. The van der Waals surface area contributed by atoms with Gasteiger partial charge in [-0.15, -0.1) is 0 Å². The molecule has 156 valence electrons. The maximum absolute atomic E-state index is 13.4. The van der Waals surface area contributed by atoms with Crippen LogP contribution >= 0.6 is 0 Å². The van der Waals surface area contributed by atoms with Crippen LogP contribution in [0.1, 0.15) is 41.8 Å². The third-order valence-corrected chi connectivity index (χ3v) is 4.95. The second-order valence-electron chi connectivity index (χ2n) is 7.47. The smallest absolute Gasteiger partial charge is 0.259 e. The number of benzene rings is 2. The van der Waals surface area contributed by atoms with Crippen LogP contribution in [0.15, 0.2) is 54.6 Å². The van der Waals surface area contributed by atoms with E-state index in [9.17, 15) is 9.18 Å². The normalized spacial score (nSPS) is 11.7. The Bertz CT molecular complexity index is 1040. The number of rotatable bonds is 7. The number of nitrogen functional groups attached to an aromatic ring is 1. The highest BCUT2D eigenvalue weighted by molar-refractivity contribution is 6.07. The van der Waals surface area contributed by atoms with Gasteiger partial charge in [-0.2, -0.15) is 4.39 Å². The first-order valence-electron chi connectivity index (χ1n) is 9.96. The average molecular weight is 407 g/mol. The van der Waals surface area contributed by atoms with Crippen LogP contribution in [0, 0.1) is 18.8 Å². The minimum atomic E-state index is -0.682. The van der Waals surface area contributed by atoms with Crippen molar-refractivity contribution in [3.8, 4) is 11.5 Å². The number of anilines is 2. The number of nitrogens with two attached hydrogens (primary N) is 1. The maximum atomic E-state index is 13.4. The maximum Gasteiger partial charge on any atom is 0.259 e. The number of carbonyl (C=O) groups excluding carboxylic acids is 1. The lowest BCUT2D eigenvalue weighted by Crippen LogP contribution is -2.16. The van der Waals surface area contributed by atoms with Gasteiger partial charge in [-0.3, -0.25) is 4.79 Å². The minimum absolute atomic E-state index is 0.132. The van der Waals surface area contributed by atoms with E-state index in [1.165, 1.54) is 18.6 Å². The summed E-state index contributed by atoms with van der Waals surface area (Å²) >= 11 is 0. The fraction of sp³-hybridized carbons (Fsp3) is 0.250. The third kappa shape index (κ3) is 5.35. The number of ether oxygens (including phenoxy) is 1. The molecule has 0 saturated heterocycles. The molecule has 1 aromatic heterocycles. The predicted octanol–water partition coefficient (Wildman–Crippen LogP) is 5.74. The molecule has 0 saturated carbocycles. The number of nitrogens with one attached hydrogen (secondary N) is 1. The van der Waals surface area contributed by atoms with Crippen molar-refractivity contribution in [2.45, 2.75) is 33.6 Å². The quantitative estimate of drug-likeness (QED) is 0.489. The van der Waals surface area contributed by atoms with Gasteiger partial charge in [0.1, 0.15) is 17.3 Å². The van der Waals surface area contributed by atoms with Gasteiger partial charge >= 0.3 is 0 Å². The van der Waals surface area contributed by atoms with Crippen molar-refractivity contribution < 1.29 is 13.9 Å². The Balaban J connectivity index is 1.66. The summed E-state index contributed by atoms with van der Waals surface area (Å²) in [6.45, 7) is 5.95. The lowest BCUT2D eigenvalue weighted by Gasteiger charge is -2.12. The molecule has 1 heterocycles. The molecule has 2 aromatic carbocycles. The Morgan fingerprint density at radius 2 is 1.90 bits per heavy atom. The predicted molar refractivity (Wildman–Crippen MR) is 117 cm³/mol. The standard InChI is InChI=1S/C24H26FN3O2/c1-4-15(2)12-17-6-5-7-20(14-17)30-19-10-8-18(9-11-19)27-24(29)21-13-16(3)22(25)28-23(21)26/h5-11,13-15H,4,12H2,1-3H3,(H2,26,28)(H,27,29). The van der Waals surface area contributed by atoms with Crippen LogP contribution in [0.3, 0.4) is 0 Å². The van der Waals surface area contributed by atoms with Crippen LogP contribution in [-0.2, 0) is 6.42 Å². The lowest BCUT2D eigenvalue weighted by atomic mass is 9.99. The van der Waals surface area contributed by atoms with E-state index in [2.05, 4.69) is 36.3 Å². The van der Waals surface area contributed by atoms with E-state index in [1.54, 1.807) is 24.3 Å². The molecule has 0 fully saturated rings. The molecule has 0 bridgehead atoms. The summed E-state index contributed by atoms with van der Waals surface area (Å²) < 4.78 is 19.4. The molecule has 0 aliphatic rings. The van der Waals surface area contributed by atoms with Crippen LogP contribution in [0.4, 0.5) is 15.9 Å². The molecule has 0 radical (unpaired) electrons. The summed E-state index contributed by atoms with van der Waals surface area (Å²) in [4.78, 5) is 16.0. The number of pyridine rings is 1. The molecule has 0 aliphatic heterocycles. The molecule has 1 unspecified atom stereocenters. The fourth-order valence-corrected chi connectivity index (χ4v) is 3.01. The summed E-state index contributed by atoms with van der Waals surface area (Å²) in [7, 11) is 0. The number of hydrogen-bond donors (Lipinski definition) is 2. The van der Waals surface area contributed by atoms with Gasteiger partial charge in [0.25, 0.3) is 5.91 Å². The topological polar surface area (TPSA) is 77.2 Å². The Morgan fingerprint density at radius 1 is 1.17 bits per heavy atom. The second kappa shape index (κ2) is 9.39. The number of amides is 1. The van der Waals surface area contributed by atoms with Gasteiger partial charge in [0.2, 0.25) is 5.95 Å². The van der Waals surface area contributed by atoms with E-state index in [1.807, 2.05) is 12.1 Å². The first-order valence-corrected chi connectivity index (χ1v) is 9.96. The molecule has 3 aromatic rings. The molecular formula is C24H26FN3O2. The van der Waals surface area contributed by atoms with Crippen molar-refractivity contribution in [1.82, 2.24) is 4.98 Å². The monoisotopic (exact) mass is 407 g/mol. The Morgan fingerprint density at radius 3 is 2.60 bits per heavy atom. The van der Waals surface area contributed by atoms with Gasteiger partial charge in [-0.25, -0.2) is 4.98 Å². The highest BCUT2D eigenvalue weighted by atomic mass is 19.1. The van der Waals surface area contributed by atoms with Gasteiger partial charge in [-0.1, -0.05) is 32.4 Å². The van der Waals surface area contributed by atoms with Crippen LogP contribution in [-0.4, -0.2) is 10.9 Å². The molecule has 5 nitrogen and oxygen atoms in total. The summed E-state index contributed by atoms with van der Waals surface area (Å²) in [5, 5.41) is 2.74. The number of aryl methyl sites for hydroxylation is 1. The summed E-state index contributed by atoms with van der Waals surface area (Å²) in [6, 6.07) is 16.5. The summed E-state index contributed by atoms with van der Waals surface area (Å²) in [6.07, 6.45) is 2.15. The largest absolute Gasteiger partial charge is 0.457 e. The lowest BCUT2D eigenvalue weighted by molar-refractivity contribution is 0.102. The molecule has 0 spiro atoms. The highest BCUT2D eigenvalue weighted by Gasteiger charge is 2.14. The van der Waals surface area contributed by atoms with Crippen LogP contribution < -0.4 is 15.8 Å². The minimum Gasteiger partial charge on any atom is -0.457 e. The van der Waals surface area contributed by atoms with Crippen molar-refractivity contribution in [2.24, 2.45) is 5.92 Å². The third-order valence-electron chi connectivity index (χ3n) is 4.95. The van der Waals surface area contributed by atoms with E-state index in [-0.39, 0.29) is 16.9 Å². The molecule has 1 atom stereocenters. The van der Waals surface area contributed by atoms with Gasteiger partial charge in [0, 0.05) is 11.3 Å².